The number of carbonyl (C=O) groups excluding carboxylic acids is 1. The summed E-state index contributed by atoms with van der Waals surface area (Å²) >= 11 is 0. The van der Waals surface area contributed by atoms with Crippen molar-refractivity contribution in [2.24, 2.45) is 5.73 Å². The van der Waals surface area contributed by atoms with E-state index in [1.54, 1.807) is 37.2 Å². The molecule has 122 valence electrons. The van der Waals surface area contributed by atoms with Gasteiger partial charge in [0.2, 0.25) is 0 Å². The van der Waals surface area contributed by atoms with E-state index in [2.05, 4.69) is 5.10 Å². The van der Waals surface area contributed by atoms with Gasteiger partial charge in [0.15, 0.2) is 11.5 Å². The van der Waals surface area contributed by atoms with Gasteiger partial charge in [0.1, 0.15) is 5.69 Å². The van der Waals surface area contributed by atoms with E-state index in [-0.39, 0.29) is 0 Å². The van der Waals surface area contributed by atoms with Crippen molar-refractivity contribution in [3.8, 4) is 28.4 Å². The molecule has 24 heavy (non-hydrogen) atoms. The molecule has 6 nitrogen and oxygen atoms in total. The number of aromatic nitrogens is 2. The summed E-state index contributed by atoms with van der Waals surface area (Å²) in [6.07, 6.45) is 1.63. The van der Waals surface area contributed by atoms with Crippen LogP contribution in [0.3, 0.4) is 0 Å². The summed E-state index contributed by atoms with van der Waals surface area (Å²) in [5, 5.41) is 4.52. The standard InChI is InChI=1S/C18H17N3O3/c1-23-15-9-8-12(10-16(15)24-2)17-14(18(19)22)11-21(20-17)13-6-4-3-5-7-13/h3-11H,1-2H3,(H2,19,22). The topological polar surface area (TPSA) is 79.4 Å². The Morgan fingerprint density at radius 2 is 1.75 bits per heavy atom. The molecule has 3 rings (SSSR count). The van der Waals surface area contributed by atoms with Gasteiger partial charge in [-0.25, -0.2) is 4.68 Å². The molecule has 0 fully saturated rings. The quantitative estimate of drug-likeness (QED) is 0.783. The van der Waals surface area contributed by atoms with Crippen molar-refractivity contribution in [2.45, 2.75) is 0 Å². The zero-order valence-corrected chi connectivity index (χ0v) is 13.4. The molecule has 6 heteroatoms. The maximum atomic E-state index is 11.8. The van der Waals surface area contributed by atoms with Crippen LogP contribution in [-0.2, 0) is 0 Å². The van der Waals surface area contributed by atoms with Crippen molar-refractivity contribution in [1.82, 2.24) is 9.78 Å². The number of primary amides is 1. The molecule has 0 aliphatic rings. The number of nitrogens with two attached hydrogens (primary N) is 1. The van der Waals surface area contributed by atoms with E-state index in [1.165, 1.54) is 0 Å². The first-order valence-corrected chi connectivity index (χ1v) is 7.31. The number of rotatable bonds is 5. The molecule has 2 aromatic carbocycles. The Bertz CT molecular complexity index is 872. The van der Waals surface area contributed by atoms with Crippen LogP contribution in [0.2, 0.25) is 0 Å². The minimum Gasteiger partial charge on any atom is -0.493 e. The fourth-order valence-corrected chi connectivity index (χ4v) is 2.46. The first kappa shape index (κ1) is 15.6. The molecule has 1 amide bonds. The molecular weight excluding hydrogens is 306 g/mol. The average molecular weight is 323 g/mol. The van der Waals surface area contributed by atoms with Gasteiger partial charge in [0.05, 0.1) is 25.5 Å². The van der Waals surface area contributed by atoms with E-state index in [1.807, 2.05) is 36.4 Å². The summed E-state index contributed by atoms with van der Waals surface area (Å²) in [7, 11) is 3.12. The lowest BCUT2D eigenvalue weighted by Crippen LogP contribution is -2.11. The highest BCUT2D eigenvalue weighted by Gasteiger charge is 2.18. The molecule has 0 atom stereocenters. The Morgan fingerprint density at radius 3 is 2.38 bits per heavy atom. The second kappa shape index (κ2) is 6.45. The fraction of sp³-hybridized carbons (Fsp3) is 0.111. The highest BCUT2D eigenvalue weighted by atomic mass is 16.5. The Kier molecular flexibility index (Phi) is 4.20. The maximum absolute atomic E-state index is 11.8. The van der Waals surface area contributed by atoms with E-state index in [9.17, 15) is 4.79 Å². The number of methoxy groups -OCH3 is 2. The molecule has 1 heterocycles. The number of nitrogens with zero attached hydrogens (tertiary/aromatic N) is 2. The summed E-state index contributed by atoms with van der Waals surface area (Å²) in [5.74, 6) is 0.617. The molecule has 3 aromatic rings. The Balaban J connectivity index is 2.13. The minimum absolute atomic E-state index is 0.339. The van der Waals surface area contributed by atoms with Crippen LogP contribution in [0.1, 0.15) is 10.4 Å². The molecule has 0 saturated carbocycles. The number of ether oxygens (including phenoxy) is 2. The third kappa shape index (κ3) is 2.81. The van der Waals surface area contributed by atoms with Crippen LogP contribution in [0.15, 0.2) is 54.7 Å². The Labute approximate surface area is 139 Å². The lowest BCUT2D eigenvalue weighted by atomic mass is 10.1. The summed E-state index contributed by atoms with van der Waals surface area (Å²) < 4.78 is 12.2. The van der Waals surface area contributed by atoms with Crippen LogP contribution < -0.4 is 15.2 Å². The first-order chi connectivity index (χ1) is 11.6. The molecular formula is C18H17N3O3. The monoisotopic (exact) mass is 323 g/mol. The van der Waals surface area contributed by atoms with Gasteiger partial charge in [-0.3, -0.25) is 4.79 Å². The van der Waals surface area contributed by atoms with Gasteiger partial charge >= 0.3 is 0 Å². The van der Waals surface area contributed by atoms with E-state index in [0.717, 1.165) is 11.3 Å². The second-order valence-electron chi connectivity index (χ2n) is 5.11. The maximum Gasteiger partial charge on any atom is 0.252 e. The molecule has 0 saturated heterocycles. The third-order valence-corrected chi connectivity index (χ3v) is 3.66. The number of hydrogen-bond donors (Lipinski definition) is 1. The molecule has 0 bridgehead atoms. The molecule has 0 spiro atoms. The van der Waals surface area contributed by atoms with Crippen LogP contribution in [0.4, 0.5) is 0 Å². The highest BCUT2D eigenvalue weighted by Crippen LogP contribution is 2.33. The molecule has 1 aromatic heterocycles. The van der Waals surface area contributed by atoms with Crippen LogP contribution in [0, 0.1) is 0 Å². The van der Waals surface area contributed by atoms with E-state index >= 15 is 0 Å². The summed E-state index contributed by atoms with van der Waals surface area (Å²) in [6, 6.07) is 14.9. The third-order valence-electron chi connectivity index (χ3n) is 3.66. The van der Waals surface area contributed by atoms with Crippen LogP contribution in [0.25, 0.3) is 16.9 Å². The summed E-state index contributed by atoms with van der Waals surface area (Å²) in [6.45, 7) is 0. The van der Waals surface area contributed by atoms with Crippen LogP contribution >= 0.6 is 0 Å². The second-order valence-corrected chi connectivity index (χ2v) is 5.11. The number of carbonyl (C=O) groups is 1. The van der Waals surface area contributed by atoms with Crippen molar-refractivity contribution in [2.75, 3.05) is 14.2 Å². The van der Waals surface area contributed by atoms with Crippen molar-refractivity contribution < 1.29 is 14.3 Å². The highest BCUT2D eigenvalue weighted by molar-refractivity contribution is 5.99. The molecule has 0 radical (unpaired) electrons. The van der Waals surface area contributed by atoms with Gasteiger partial charge in [-0.1, -0.05) is 18.2 Å². The van der Waals surface area contributed by atoms with Crippen molar-refractivity contribution in [3.05, 3.63) is 60.3 Å². The normalized spacial score (nSPS) is 10.4. The number of benzene rings is 2. The van der Waals surface area contributed by atoms with Crippen molar-refractivity contribution >= 4 is 5.91 Å². The van der Waals surface area contributed by atoms with Crippen LogP contribution in [0.5, 0.6) is 11.5 Å². The summed E-state index contributed by atoms with van der Waals surface area (Å²) in [4.78, 5) is 11.8. The van der Waals surface area contributed by atoms with Gasteiger partial charge in [0, 0.05) is 11.8 Å². The van der Waals surface area contributed by atoms with Gasteiger partial charge in [-0.2, -0.15) is 5.10 Å². The van der Waals surface area contributed by atoms with Crippen molar-refractivity contribution in [3.63, 3.8) is 0 Å². The minimum atomic E-state index is -0.540. The lowest BCUT2D eigenvalue weighted by molar-refractivity contribution is 0.100. The van der Waals surface area contributed by atoms with Gasteiger partial charge in [-0.15, -0.1) is 0 Å². The largest absolute Gasteiger partial charge is 0.493 e. The van der Waals surface area contributed by atoms with Crippen LogP contribution in [-0.4, -0.2) is 29.9 Å². The Morgan fingerprint density at radius 1 is 1.04 bits per heavy atom. The number of amides is 1. The fourth-order valence-electron chi connectivity index (χ4n) is 2.46. The van der Waals surface area contributed by atoms with Crippen molar-refractivity contribution in [1.29, 1.82) is 0 Å². The summed E-state index contributed by atoms with van der Waals surface area (Å²) in [5.41, 5.74) is 7.91. The van der Waals surface area contributed by atoms with E-state index in [0.29, 0.717) is 22.8 Å². The average Bonchev–Trinajstić information content (AvgIpc) is 3.07. The first-order valence-electron chi connectivity index (χ1n) is 7.31. The van der Waals surface area contributed by atoms with E-state index < -0.39 is 5.91 Å². The SMILES string of the molecule is COc1ccc(-c2nn(-c3ccccc3)cc2C(N)=O)cc1OC. The zero-order chi connectivity index (χ0) is 17.1. The van der Waals surface area contributed by atoms with Gasteiger partial charge in [-0.05, 0) is 30.3 Å². The van der Waals surface area contributed by atoms with E-state index in [4.69, 9.17) is 15.2 Å². The Hall–Kier alpha value is -3.28. The number of para-hydroxylation sites is 1. The lowest BCUT2D eigenvalue weighted by Gasteiger charge is -2.09. The molecule has 0 unspecified atom stereocenters. The number of hydrogen-bond acceptors (Lipinski definition) is 4. The molecule has 2 N–H and O–H groups in total. The predicted octanol–water partition coefficient (Wildman–Crippen LogP) is 2.66. The van der Waals surface area contributed by atoms with Gasteiger partial charge in [0.25, 0.3) is 5.91 Å². The molecule has 0 aliphatic heterocycles. The smallest absolute Gasteiger partial charge is 0.252 e. The zero-order valence-electron chi connectivity index (χ0n) is 13.4. The predicted molar refractivity (Wildman–Crippen MR) is 90.6 cm³/mol. The molecule has 0 aliphatic carbocycles. The van der Waals surface area contributed by atoms with Gasteiger partial charge < -0.3 is 15.2 Å².